The number of unbranched alkanes of at least 4 members (excludes halogenated alkanes) is 14. The maximum atomic E-state index is 12.4. The third-order valence-electron chi connectivity index (χ3n) is 7.28. The Morgan fingerprint density at radius 2 is 1.15 bits per heavy atom. The van der Waals surface area contributed by atoms with Crippen molar-refractivity contribution in [2.45, 2.75) is 155 Å². The molecular formula is C36H66NO8P. The van der Waals surface area contributed by atoms with Crippen LogP contribution in [0.3, 0.4) is 0 Å². The highest BCUT2D eigenvalue weighted by Crippen LogP contribution is 2.43. The first-order valence-electron chi connectivity index (χ1n) is 18.0. The molecule has 268 valence electrons. The standard InChI is InChI=1S/C36H66NO8P/c1-3-5-7-9-11-13-14-15-16-17-18-19-20-21-23-24-26-28-35(38)42-32-34(33-44-46(40,41)43-31-30-37)45-36(39)29-27-25-22-12-10-8-6-4-2/h15-16,18-19,21,23,34H,3-14,17,20,22,24-33,37H2,1-2H3,(H,40,41)/b16-15+,19-18+,23-21+/t34-/m0/s1. The summed E-state index contributed by atoms with van der Waals surface area (Å²) >= 11 is 0. The predicted molar refractivity (Wildman–Crippen MR) is 187 cm³/mol. The smallest absolute Gasteiger partial charge is 0.462 e. The van der Waals surface area contributed by atoms with Gasteiger partial charge < -0.3 is 20.1 Å². The van der Waals surface area contributed by atoms with E-state index in [4.69, 9.17) is 24.3 Å². The molecule has 2 atom stereocenters. The number of nitrogens with two attached hydrogens (primary N) is 1. The van der Waals surface area contributed by atoms with Crippen molar-refractivity contribution in [2.24, 2.45) is 5.73 Å². The second kappa shape index (κ2) is 33.1. The van der Waals surface area contributed by atoms with Gasteiger partial charge in [0.05, 0.1) is 13.2 Å². The van der Waals surface area contributed by atoms with Crippen LogP contribution in [0.1, 0.15) is 149 Å². The number of allylic oxidation sites excluding steroid dienone is 6. The molecule has 0 radical (unpaired) electrons. The molecule has 10 heteroatoms. The monoisotopic (exact) mass is 671 g/mol. The number of phosphoric ester groups is 1. The molecule has 0 rings (SSSR count). The van der Waals surface area contributed by atoms with Crippen molar-refractivity contribution < 1.29 is 37.6 Å². The Kier molecular flexibility index (Phi) is 31.9. The predicted octanol–water partition coefficient (Wildman–Crippen LogP) is 9.43. The third-order valence-corrected chi connectivity index (χ3v) is 8.26. The van der Waals surface area contributed by atoms with Gasteiger partial charge in [0.2, 0.25) is 0 Å². The lowest BCUT2D eigenvalue weighted by Crippen LogP contribution is -2.29. The number of carbonyl (C=O) groups excluding carboxylic acids is 2. The lowest BCUT2D eigenvalue weighted by Gasteiger charge is -2.19. The summed E-state index contributed by atoms with van der Waals surface area (Å²) in [6, 6.07) is 0. The Bertz CT molecular complexity index is 861. The number of phosphoric acid groups is 1. The lowest BCUT2D eigenvalue weighted by molar-refractivity contribution is -0.161. The molecule has 0 heterocycles. The van der Waals surface area contributed by atoms with Gasteiger partial charge in [-0.15, -0.1) is 0 Å². The molecule has 0 aliphatic carbocycles. The second-order valence-corrected chi connectivity index (χ2v) is 13.2. The Hall–Kier alpha value is -1.77. The summed E-state index contributed by atoms with van der Waals surface area (Å²) in [4.78, 5) is 34.5. The number of hydrogen-bond donors (Lipinski definition) is 2. The fourth-order valence-corrected chi connectivity index (χ4v) is 5.35. The van der Waals surface area contributed by atoms with E-state index in [-0.39, 0.29) is 32.6 Å². The van der Waals surface area contributed by atoms with Gasteiger partial charge in [-0.25, -0.2) is 4.57 Å². The molecule has 3 N–H and O–H groups in total. The van der Waals surface area contributed by atoms with Crippen molar-refractivity contribution in [2.75, 3.05) is 26.4 Å². The minimum atomic E-state index is -4.37. The van der Waals surface area contributed by atoms with Crippen LogP contribution in [0.15, 0.2) is 36.5 Å². The molecule has 46 heavy (non-hydrogen) atoms. The highest BCUT2D eigenvalue weighted by molar-refractivity contribution is 7.47. The maximum absolute atomic E-state index is 12.4. The van der Waals surface area contributed by atoms with Gasteiger partial charge in [-0.1, -0.05) is 127 Å². The maximum Gasteiger partial charge on any atom is 0.472 e. The van der Waals surface area contributed by atoms with Crippen molar-refractivity contribution in [3.63, 3.8) is 0 Å². The highest BCUT2D eigenvalue weighted by Gasteiger charge is 2.25. The third kappa shape index (κ3) is 32.2. The topological polar surface area (TPSA) is 134 Å². The summed E-state index contributed by atoms with van der Waals surface area (Å²) in [6.45, 7) is 3.60. The summed E-state index contributed by atoms with van der Waals surface area (Å²) in [6.07, 6.45) is 33.4. The van der Waals surface area contributed by atoms with Crippen LogP contribution in [0, 0.1) is 0 Å². The largest absolute Gasteiger partial charge is 0.472 e. The fourth-order valence-electron chi connectivity index (χ4n) is 4.59. The minimum absolute atomic E-state index is 0.0471. The van der Waals surface area contributed by atoms with Crippen LogP contribution in [-0.4, -0.2) is 49.3 Å². The van der Waals surface area contributed by atoms with E-state index >= 15 is 0 Å². The van der Waals surface area contributed by atoms with Crippen molar-refractivity contribution in [1.29, 1.82) is 0 Å². The van der Waals surface area contributed by atoms with E-state index in [0.29, 0.717) is 12.8 Å². The number of carbonyl (C=O) groups is 2. The van der Waals surface area contributed by atoms with Crippen LogP contribution in [0.5, 0.6) is 0 Å². The van der Waals surface area contributed by atoms with Gasteiger partial charge >= 0.3 is 19.8 Å². The molecule has 0 bridgehead atoms. The number of esters is 2. The minimum Gasteiger partial charge on any atom is -0.462 e. The average molecular weight is 672 g/mol. The van der Waals surface area contributed by atoms with E-state index < -0.39 is 32.5 Å². The van der Waals surface area contributed by atoms with Crippen LogP contribution >= 0.6 is 7.82 Å². The molecule has 0 saturated heterocycles. The molecule has 1 unspecified atom stereocenters. The van der Waals surface area contributed by atoms with Gasteiger partial charge in [-0.05, 0) is 44.9 Å². The Balaban J connectivity index is 4.29. The van der Waals surface area contributed by atoms with E-state index in [1.165, 1.54) is 64.2 Å². The molecule has 0 saturated carbocycles. The van der Waals surface area contributed by atoms with Crippen LogP contribution < -0.4 is 5.73 Å². The Labute approximate surface area is 280 Å². The average Bonchev–Trinajstić information content (AvgIpc) is 3.04. The molecule has 0 fully saturated rings. The zero-order valence-electron chi connectivity index (χ0n) is 29.0. The van der Waals surface area contributed by atoms with Gasteiger partial charge in [0.15, 0.2) is 6.10 Å². The molecular weight excluding hydrogens is 605 g/mol. The molecule has 9 nitrogen and oxygen atoms in total. The quantitative estimate of drug-likeness (QED) is 0.0303. The van der Waals surface area contributed by atoms with Gasteiger partial charge in [0, 0.05) is 19.4 Å². The molecule has 0 aliphatic heterocycles. The molecule has 0 amide bonds. The molecule has 0 aromatic heterocycles. The Morgan fingerprint density at radius 1 is 0.652 bits per heavy atom. The van der Waals surface area contributed by atoms with Gasteiger partial charge in [0.25, 0.3) is 0 Å². The van der Waals surface area contributed by atoms with Gasteiger partial charge in [0.1, 0.15) is 6.61 Å². The second-order valence-electron chi connectivity index (χ2n) is 11.7. The zero-order valence-corrected chi connectivity index (χ0v) is 29.9. The van der Waals surface area contributed by atoms with E-state index in [1.54, 1.807) is 0 Å². The number of ether oxygens (including phenoxy) is 2. The summed E-state index contributed by atoms with van der Waals surface area (Å²) in [5.74, 6) is -0.897. The van der Waals surface area contributed by atoms with Crippen molar-refractivity contribution in [3.8, 4) is 0 Å². The summed E-state index contributed by atoms with van der Waals surface area (Å²) in [5.41, 5.74) is 5.31. The summed E-state index contributed by atoms with van der Waals surface area (Å²) < 4.78 is 32.4. The molecule has 0 spiro atoms. The zero-order chi connectivity index (χ0) is 34.0. The molecule has 0 aromatic carbocycles. The lowest BCUT2D eigenvalue weighted by atomic mass is 10.1. The SMILES string of the molecule is CCCCCCCC/C=C/C/C=C/C/C=C/CCCC(=O)OC[C@@H](COP(=O)(O)OCCN)OC(=O)CCCCCCCCCC. The van der Waals surface area contributed by atoms with Crippen LogP contribution in [-0.2, 0) is 32.7 Å². The van der Waals surface area contributed by atoms with Crippen LogP contribution in [0.25, 0.3) is 0 Å². The first-order valence-corrected chi connectivity index (χ1v) is 19.5. The van der Waals surface area contributed by atoms with Crippen LogP contribution in [0.2, 0.25) is 0 Å². The van der Waals surface area contributed by atoms with E-state index in [1.807, 2.05) is 0 Å². The van der Waals surface area contributed by atoms with Crippen LogP contribution in [0.4, 0.5) is 0 Å². The first-order chi connectivity index (χ1) is 22.3. The highest BCUT2D eigenvalue weighted by atomic mass is 31.2. The first kappa shape index (κ1) is 44.2. The number of rotatable bonds is 33. The van der Waals surface area contributed by atoms with Gasteiger partial charge in [-0.3, -0.25) is 18.6 Å². The normalized spacial score (nSPS) is 13.9. The molecule has 0 aliphatic rings. The van der Waals surface area contributed by atoms with E-state index in [0.717, 1.165) is 44.9 Å². The van der Waals surface area contributed by atoms with Crippen molar-refractivity contribution in [3.05, 3.63) is 36.5 Å². The van der Waals surface area contributed by atoms with Crippen molar-refractivity contribution >= 4 is 19.8 Å². The fraction of sp³-hybridized carbons (Fsp3) is 0.778. The summed E-state index contributed by atoms with van der Waals surface area (Å²) in [5, 5.41) is 0. The molecule has 0 aromatic rings. The van der Waals surface area contributed by atoms with Gasteiger partial charge in [-0.2, -0.15) is 0 Å². The van der Waals surface area contributed by atoms with E-state index in [9.17, 15) is 19.0 Å². The summed E-state index contributed by atoms with van der Waals surface area (Å²) in [7, 11) is -4.37. The van der Waals surface area contributed by atoms with Crippen molar-refractivity contribution in [1.82, 2.24) is 0 Å². The Morgan fingerprint density at radius 3 is 1.74 bits per heavy atom. The van der Waals surface area contributed by atoms with E-state index in [2.05, 4.69) is 50.3 Å². The number of hydrogen-bond acceptors (Lipinski definition) is 8.